The number of hydrogen-bond acceptors (Lipinski definition) is 10. The minimum absolute atomic E-state index is 0.221. The van der Waals surface area contributed by atoms with Gasteiger partial charge in [0.25, 0.3) is 5.97 Å². The van der Waals surface area contributed by atoms with E-state index in [2.05, 4.69) is 0 Å². The van der Waals surface area contributed by atoms with E-state index < -0.39 is 54.6 Å². The summed E-state index contributed by atoms with van der Waals surface area (Å²) >= 11 is 0. The number of fused-ring (bicyclic) bond motifs is 1. The molecule has 2 heterocycles. The van der Waals surface area contributed by atoms with E-state index in [4.69, 9.17) is 33.2 Å². The minimum atomic E-state index is -1.43. The molecule has 2 aliphatic rings. The van der Waals surface area contributed by atoms with Crippen molar-refractivity contribution in [2.45, 2.75) is 64.4 Å². The normalized spacial score (nSPS) is 37.1. The average molecular weight is 362 g/mol. The van der Waals surface area contributed by atoms with Crippen LogP contribution < -0.4 is 0 Å². The van der Waals surface area contributed by atoms with Crippen LogP contribution in [0.5, 0.6) is 0 Å². The fourth-order valence-corrected chi connectivity index (χ4v) is 2.67. The predicted octanol–water partition coefficient (Wildman–Crippen LogP) is -0.127. The lowest BCUT2D eigenvalue weighted by Gasteiger charge is -2.40. The first-order valence-electron chi connectivity index (χ1n) is 7.69. The Labute approximate surface area is 144 Å². The summed E-state index contributed by atoms with van der Waals surface area (Å²) in [6.07, 6.45) is -4.86. The molecule has 0 spiro atoms. The highest BCUT2D eigenvalue weighted by atomic mass is 16.9. The third-order valence-corrected chi connectivity index (χ3v) is 3.70. The Balaban J connectivity index is 2.29. The summed E-state index contributed by atoms with van der Waals surface area (Å²) in [5.41, 5.74) is 0. The summed E-state index contributed by atoms with van der Waals surface area (Å²) in [5, 5.41) is 0. The van der Waals surface area contributed by atoms with Crippen molar-refractivity contribution >= 4 is 17.9 Å². The number of carbonyl (C=O) groups excluding carboxylic acids is 3. The van der Waals surface area contributed by atoms with E-state index in [9.17, 15) is 14.4 Å². The standard InChI is InChI=1S/C15H22O10/c1-7(16)20-6-10-11(21-8(2)17)12(22-9(3)18)13-14(23-10)25-15(4,19-5)24-13/h10-14H,6H2,1-5H3/t10-,11-,12+,13+,14+,15?/m0/s1. The van der Waals surface area contributed by atoms with Crippen LogP contribution in [0.25, 0.3) is 0 Å². The molecule has 0 radical (unpaired) electrons. The molecule has 0 amide bonds. The number of carbonyl (C=O) groups is 3. The highest BCUT2D eigenvalue weighted by Gasteiger charge is 2.59. The van der Waals surface area contributed by atoms with E-state index >= 15 is 0 Å². The maximum Gasteiger partial charge on any atom is 0.303 e. The van der Waals surface area contributed by atoms with Crippen LogP contribution in [-0.4, -0.2) is 68.3 Å². The number of rotatable bonds is 5. The van der Waals surface area contributed by atoms with Gasteiger partial charge in [0.1, 0.15) is 12.7 Å². The molecule has 2 aliphatic heterocycles. The Kier molecular flexibility index (Phi) is 5.99. The summed E-state index contributed by atoms with van der Waals surface area (Å²) < 4.78 is 37.6. The van der Waals surface area contributed by atoms with Gasteiger partial charge in [-0.3, -0.25) is 19.1 Å². The van der Waals surface area contributed by atoms with E-state index in [1.807, 2.05) is 0 Å². The van der Waals surface area contributed by atoms with Crippen molar-refractivity contribution in [2.75, 3.05) is 13.7 Å². The van der Waals surface area contributed by atoms with Crippen molar-refractivity contribution in [2.24, 2.45) is 0 Å². The summed E-state index contributed by atoms with van der Waals surface area (Å²) in [5.74, 6) is -3.19. The van der Waals surface area contributed by atoms with Gasteiger partial charge in [0.05, 0.1) is 0 Å². The van der Waals surface area contributed by atoms with Gasteiger partial charge in [-0.25, -0.2) is 0 Å². The van der Waals surface area contributed by atoms with Crippen molar-refractivity contribution in [1.82, 2.24) is 0 Å². The Bertz CT molecular complexity index is 534. The lowest BCUT2D eigenvalue weighted by atomic mass is 9.98. The molecule has 25 heavy (non-hydrogen) atoms. The van der Waals surface area contributed by atoms with Gasteiger partial charge >= 0.3 is 17.9 Å². The molecule has 1 unspecified atom stereocenters. The highest BCUT2D eigenvalue weighted by molar-refractivity contribution is 5.67. The van der Waals surface area contributed by atoms with Gasteiger partial charge in [0, 0.05) is 34.8 Å². The summed E-state index contributed by atoms with van der Waals surface area (Å²) in [4.78, 5) is 34.1. The van der Waals surface area contributed by atoms with Gasteiger partial charge in [-0.05, 0) is 0 Å². The van der Waals surface area contributed by atoms with E-state index in [0.717, 1.165) is 0 Å². The lowest BCUT2D eigenvalue weighted by molar-refractivity contribution is -0.334. The molecular formula is C15H22O10. The Morgan fingerprint density at radius 1 is 0.960 bits per heavy atom. The van der Waals surface area contributed by atoms with Crippen molar-refractivity contribution in [1.29, 1.82) is 0 Å². The zero-order valence-electron chi connectivity index (χ0n) is 14.7. The third-order valence-electron chi connectivity index (χ3n) is 3.70. The van der Waals surface area contributed by atoms with E-state index in [1.165, 1.54) is 34.8 Å². The molecule has 0 aliphatic carbocycles. The van der Waals surface area contributed by atoms with Crippen LogP contribution in [0.3, 0.4) is 0 Å². The number of methoxy groups -OCH3 is 1. The zero-order chi connectivity index (χ0) is 18.8. The average Bonchev–Trinajstić information content (AvgIpc) is 2.84. The van der Waals surface area contributed by atoms with Crippen LogP contribution in [0, 0.1) is 0 Å². The van der Waals surface area contributed by atoms with Gasteiger partial charge in [-0.1, -0.05) is 0 Å². The largest absolute Gasteiger partial charge is 0.463 e. The monoisotopic (exact) mass is 362 g/mol. The molecular weight excluding hydrogens is 340 g/mol. The van der Waals surface area contributed by atoms with Gasteiger partial charge < -0.3 is 28.4 Å². The second kappa shape index (κ2) is 7.65. The molecule has 0 aromatic rings. The minimum Gasteiger partial charge on any atom is -0.463 e. The van der Waals surface area contributed by atoms with Crippen molar-refractivity contribution in [3.05, 3.63) is 0 Å². The second-order valence-corrected chi connectivity index (χ2v) is 5.76. The maximum atomic E-state index is 11.5. The molecule has 0 aromatic carbocycles. The summed E-state index contributed by atoms with van der Waals surface area (Å²) in [6, 6.07) is 0. The van der Waals surface area contributed by atoms with Crippen LogP contribution in [-0.2, 0) is 47.5 Å². The quantitative estimate of drug-likeness (QED) is 0.484. The van der Waals surface area contributed by atoms with Crippen LogP contribution in [0.2, 0.25) is 0 Å². The molecule has 2 saturated heterocycles. The lowest BCUT2D eigenvalue weighted by Crippen LogP contribution is -2.60. The van der Waals surface area contributed by atoms with E-state index in [0.29, 0.717) is 0 Å². The van der Waals surface area contributed by atoms with E-state index in [-0.39, 0.29) is 6.61 Å². The fraction of sp³-hybridized carbons (Fsp3) is 0.800. The molecule has 2 fully saturated rings. The van der Waals surface area contributed by atoms with Gasteiger partial charge in [-0.15, -0.1) is 0 Å². The van der Waals surface area contributed by atoms with Gasteiger partial charge in [0.2, 0.25) is 0 Å². The Morgan fingerprint density at radius 3 is 2.08 bits per heavy atom. The Morgan fingerprint density at radius 2 is 1.56 bits per heavy atom. The molecule has 2 rings (SSSR count). The topological polar surface area (TPSA) is 116 Å². The number of hydrogen-bond donors (Lipinski definition) is 0. The molecule has 142 valence electrons. The second-order valence-electron chi connectivity index (χ2n) is 5.76. The summed E-state index contributed by atoms with van der Waals surface area (Å²) in [6.45, 7) is 4.93. The molecule has 0 N–H and O–H groups in total. The van der Waals surface area contributed by atoms with Crippen molar-refractivity contribution < 1.29 is 47.5 Å². The van der Waals surface area contributed by atoms with Gasteiger partial charge in [0.15, 0.2) is 24.6 Å². The maximum absolute atomic E-state index is 11.5. The first-order chi connectivity index (χ1) is 11.6. The predicted molar refractivity (Wildman–Crippen MR) is 77.8 cm³/mol. The van der Waals surface area contributed by atoms with Crippen LogP contribution >= 0.6 is 0 Å². The van der Waals surface area contributed by atoms with Crippen molar-refractivity contribution in [3.8, 4) is 0 Å². The molecule has 6 atom stereocenters. The molecule has 0 bridgehead atoms. The highest BCUT2D eigenvalue weighted by Crippen LogP contribution is 2.39. The SMILES string of the molecule is COC1(C)O[C@H]2O[C@@H](COC(C)=O)[C@H](OC(C)=O)[C@@H](OC(C)=O)[C@H]2O1. The first kappa shape index (κ1) is 19.6. The third kappa shape index (κ3) is 4.66. The van der Waals surface area contributed by atoms with Crippen molar-refractivity contribution in [3.63, 3.8) is 0 Å². The molecule has 0 aromatic heterocycles. The zero-order valence-corrected chi connectivity index (χ0v) is 14.7. The number of esters is 3. The fourth-order valence-electron chi connectivity index (χ4n) is 2.67. The van der Waals surface area contributed by atoms with E-state index in [1.54, 1.807) is 0 Å². The smallest absolute Gasteiger partial charge is 0.303 e. The summed E-state index contributed by atoms with van der Waals surface area (Å²) in [7, 11) is 1.37. The Hall–Kier alpha value is -1.75. The molecule has 10 nitrogen and oxygen atoms in total. The van der Waals surface area contributed by atoms with Crippen LogP contribution in [0.15, 0.2) is 0 Å². The van der Waals surface area contributed by atoms with Crippen LogP contribution in [0.4, 0.5) is 0 Å². The molecule has 10 heteroatoms. The van der Waals surface area contributed by atoms with Crippen LogP contribution in [0.1, 0.15) is 27.7 Å². The first-order valence-corrected chi connectivity index (χ1v) is 7.69. The number of ether oxygens (including phenoxy) is 7. The molecule has 0 saturated carbocycles. The van der Waals surface area contributed by atoms with Gasteiger partial charge in [-0.2, -0.15) is 0 Å².